The molecule has 0 amide bonds. The van der Waals surface area contributed by atoms with Gasteiger partial charge in [-0.2, -0.15) is 0 Å². The van der Waals surface area contributed by atoms with E-state index in [1.165, 1.54) is 6.20 Å². The first-order valence-corrected chi connectivity index (χ1v) is 6.03. The minimum Gasteiger partial charge on any atom is -0.393 e. The molecular formula is C12H17N3O3. The highest BCUT2D eigenvalue weighted by Gasteiger charge is 2.25. The lowest BCUT2D eigenvalue weighted by molar-refractivity contribution is -0.385. The zero-order chi connectivity index (χ0) is 13.3. The van der Waals surface area contributed by atoms with E-state index in [0.29, 0.717) is 12.0 Å². The average molecular weight is 251 g/mol. The predicted molar refractivity (Wildman–Crippen MR) is 67.6 cm³/mol. The summed E-state index contributed by atoms with van der Waals surface area (Å²) in [4.78, 5) is 16.5. The Morgan fingerprint density at radius 3 is 2.89 bits per heavy atom. The minimum absolute atomic E-state index is 0.0452. The van der Waals surface area contributed by atoms with Gasteiger partial charge in [-0.05, 0) is 25.3 Å². The Kier molecular flexibility index (Phi) is 3.47. The molecule has 1 aliphatic heterocycles. The van der Waals surface area contributed by atoms with Gasteiger partial charge in [-0.15, -0.1) is 0 Å². The molecule has 0 aliphatic carbocycles. The van der Waals surface area contributed by atoms with Gasteiger partial charge in [0.05, 0.1) is 11.0 Å². The molecule has 18 heavy (non-hydrogen) atoms. The van der Waals surface area contributed by atoms with Crippen molar-refractivity contribution in [1.82, 2.24) is 4.98 Å². The summed E-state index contributed by atoms with van der Waals surface area (Å²) in [5.41, 5.74) is 0.660. The Morgan fingerprint density at radius 1 is 1.61 bits per heavy atom. The zero-order valence-corrected chi connectivity index (χ0v) is 10.5. The van der Waals surface area contributed by atoms with Gasteiger partial charge in [-0.3, -0.25) is 10.1 Å². The fourth-order valence-corrected chi connectivity index (χ4v) is 2.24. The number of piperidine rings is 1. The Hall–Kier alpha value is -1.69. The van der Waals surface area contributed by atoms with Crippen molar-refractivity contribution in [2.75, 3.05) is 18.0 Å². The van der Waals surface area contributed by atoms with Crippen molar-refractivity contribution in [3.05, 3.63) is 27.9 Å². The summed E-state index contributed by atoms with van der Waals surface area (Å²) in [6.07, 6.45) is 1.75. The number of anilines is 1. The monoisotopic (exact) mass is 251 g/mol. The van der Waals surface area contributed by atoms with Gasteiger partial charge in [-0.1, -0.05) is 6.92 Å². The number of nitro groups is 1. The molecule has 1 aliphatic rings. The molecule has 1 aromatic rings. The predicted octanol–water partition coefficient (Wildman–Crippen LogP) is 1.51. The van der Waals surface area contributed by atoms with Crippen molar-refractivity contribution < 1.29 is 10.0 Å². The largest absolute Gasteiger partial charge is 0.393 e. The van der Waals surface area contributed by atoms with Gasteiger partial charge in [0.2, 0.25) is 0 Å². The molecule has 0 bridgehead atoms. The maximum absolute atomic E-state index is 10.7. The van der Waals surface area contributed by atoms with Crippen LogP contribution in [-0.4, -0.2) is 34.2 Å². The number of hydrogen-bond acceptors (Lipinski definition) is 5. The Labute approximate surface area is 105 Å². The quantitative estimate of drug-likeness (QED) is 0.636. The van der Waals surface area contributed by atoms with E-state index < -0.39 is 4.92 Å². The maximum Gasteiger partial charge on any atom is 0.290 e. The molecule has 0 saturated carbocycles. The number of aryl methyl sites for hydroxylation is 1. The molecule has 1 fully saturated rings. The van der Waals surface area contributed by atoms with Crippen molar-refractivity contribution >= 4 is 11.5 Å². The zero-order valence-electron chi connectivity index (χ0n) is 10.5. The van der Waals surface area contributed by atoms with Gasteiger partial charge >= 0.3 is 0 Å². The fourth-order valence-electron chi connectivity index (χ4n) is 2.24. The first-order valence-electron chi connectivity index (χ1n) is 6.03. The van der Waals surface area contributed by atoms with E-state index in [1.54, 1.807) is 13.0 Å². The normalized spacial score (nSPS) is 24.1. The van der Waals surface area contributed by atoms with Crippen LogP contribution >= 0.6 is 0 Å². The molecule has 1 N–H and O–H groups in total. The molecule has 6 heteroatoms. The molecule has 2 heterocycles. The molecule has 6 nitrogen and oxygen atoms in total. The lowest BCUT2D eigenvalue weighted by Gasteiger charge is -2.35. The summed E-state index contributed by atoms with van der Waals surface area (Å²) in [6.45, 7) is 5.17. The summed E-state index contributed by atoms with van der Waals surface area (Å²) < 4.78 is 0. The third-order valence-corrected chi connectivity index (χ3v) is 3.45. The topological polar surface area (TPSA) is 79.5 Å². The van der Waals surface area contributed by atoms with Gasteiger partial charge < -0.3 is 10.0 Å². The van der Waals surface area contributed by atoms with E-state index in [4.69, 9.17) is 0 Å². The number of hydrogen-bond donors (Lipinski definition) is 1. The van der Waals surface area contributed by atoms with Gasteiger partial charge in [0.25, 0.3) is 5.69 Å². The first kappa shape index (κ1) is 12.8. The van der Waals surface area contributed by atoms with Crippen molar-refractivity contribution in [3.63, 3.8) is 0 Å². The summed E-state index contributed by atoms with van der Waals surface area (Å²) >= 11 is 0. The van der Waals surface area contributed by atoms with E-state index in [-0.39, 0.29) is 17.7 Å². The average Bonchev–Trinajstić information content (AvgIpc) is 2.32. The minimum atomic E-state index is -0.422. The highest BCUT2D eigenvalue weighted by molar-refractivity contribution is 5.48. The van der Waals surface area contributed by atoms with Crippen LogP contribution in [0.5, 0.6) is 0 Å². The highest BCUT2D eigenvalue weighted by Crippen LogP contribution is 2.25. The van der Waals surface area contributed by atoms with Crippen LogP contribution < -0.4 is 4.90 Å². The molecular weight excluding hydrogens is 234 g/mol. The van der Waals surface area contributed by atoms with E-state index in [9.17, 15) is 15.2 Å². The van der Waals surface area contributed by atoms with Crippen molar-refractivity contribution in [1.29, 1.82) is 0 Å². The van der Waals surface area contributed by atoms with Crippen LogP contribution in [-0.2, 0) is 0 Å². The Balaban J connectivity index is 2.19. The molecule has 1 aromatic heterocycles. The van der Waals surface area contributed by atoms with Crippen LogP contribution in [0.15, 0.2) is 12.3 Å². The van der Waals surface area contributed by atoms with E-state index in [0.717, 1.165) is 18.9 Å². The van der Waals surface area contributed by atoms with Crippen molar-refractivity contribution in [2.24, 2.45) is 5.92 Å². The van der Waals surface area contributed by atoms with E-state index in [2.05, 4.69) is 9.88 Å². The van der Waals surface area contributed by atoms with E-state index in [1.807, 2.05) is 6.92 Å². The van der Waals surface area contributed by atoms with Crippen LogP contribution in [0, 0.1) is 23.0 Å². The molecule has 0 spiro atoms. The van der Waals surface area contributed by atoms with Crippen LogP contribution in [0.4, 0.5) is 11.5 Å². The van der Waals surface area contributed by atoms with Gasteiger partial charge in [0.15, 0.2) is 0 Å². The lowest BCUT2D eigenvalue weighted by Crippen LogP contribution is -2.42. The molecule has 2 atom stereocenters. The standard InChI is InChI=1S/C12H17N3O3/c1-8-5-12(13-6-10(8)15(17)18)14-4-3-11(16)9(2)7-14/h5-6,9,11,16H,3-4,7H2,1-2H3. The Morgan fingerprint density at radius 2 is 2.33 bits per heavy atom. The number of aromatic nitrogens is 1. The lowest BCUT2D eigenvalue weighted by atomic mass is 9.97. The number of nitrogens with zero attached hydrogens (tertiary/aromatic N) is 3. The van der Waals surface area contributed by atoms with Gasteiger partial charge in [0, 0.05) is 18.7 Å². The second kappa shape index (κ2) is 4.89. The second-order valence-electron chi connectivity index (χ2n) is 4.87. The molecule has 1 saturated heterocycles. The number of rotatable bonds is 2. The maximum atomic E-state index is 10.7. The summed E-state index contributed by atoms with van der Waals surface area (Å²) in [5.74, 6) is 0.938. The molecule has 0 radical (unpaired) electrons. The first-order chi connectivity index (χ1) is 8.49. The molecule has 2 unspecified atom stereocenters. The number of pyridine rings is 1. The molecule has 98 valence electrons. The second-order valence-corrected chi connectivity index (χ2v) is 4.87. The fraction of sp³-hybridized carbons (Fsp3) is 0.583. The van der Waals surface area contributed by atoms with E-state index >= 15 is 0 Å². The SMILES string of the molecule is Cc1cc(N2CCC(O)C(C)C2)ncc1[N+](=O)[O-]. The van der Waals surface area contributed by atoms with Crippen molar-refractivity contribution in [3.8, 4) is 0 Å². The third kappa shape index (κ3) is 2.43. The van der Waals surface area contributed by atoms with Crippen molar-refractivity contribution in [2.45, 2.75) is 26.4 Å². The summed E-state index contributed by atoms with van der Waals surface area (Å²) in [5, 5.41) is 20.4. The van der Waals surface area contributed by atoms with Gasteiger partial charge in [-0.25, -0.2) is 4.98 Å². The Bertz CT molecular complexity index is 464. The van der Waals surface area contributed by atoms with Crippen LogP contribution in [0.1, 0.15) is 18.9 Å². The van der Waals surface area contributed by atoms with Crippen LogP contribution in [0.2, 0.25) is 0 Å². The smallest absolute Gasteiger partial charge is 0.290 e. The summed E-state index contributed by atoms with van der Waals surface area (Å²) in [7, 11) is 0. The molecule has 0 aromatic carbocycles. The van der Waals surface area contributed by atoms with Crippen LogP contribution in [0.25, 0.3) is 0 Å². The molecule has 2 rings (SSSR count). The third-order valence-electron chi connectivity index (χ3n) is 3.45. The summed E-state index contributed by atoms with van der Waals surface area (Å²) in [6, 6.07) is 1.74. The number of aliphatic hydroxyl groups excluding tert-OH is 1. The van der Waals surface area contributed by atoms with Crippen LogP contribution in [0.3, 0.4) is 0 Å². The highest BCUT2D eigenvalue weighted by atomic mass is 16.6. The number of aliphatic hydroxyl groups is 1. The van der Waals surface area contributed by atoms with Gasteiger partial charge in [0.1, 0.15) is 12.0 Å².